The molecule has 1 unspecified atom stereocenters. The summed E-state index contributed by atoms with van der Waals surface area (Å²) in [7, 11) is -1.50. The molecular formula is C20H32OSi. The highest BCUT2D eigenvalue weighted by Crippen LogP contribution is 2.34. The van der Waals surface area contributed by atoms with Crippen LogP contribution in [0.25, 0.3) is 0 Å². The molecule has 0 radical (unpaired) electrons. The van der Waals surface area contributed by atoms with Crippen LogP contribution in [0.5, 0.6) is 0 Å². The Bertz CT molecular complexity index is 456. The van der Waals surface area contributed by atoms with Crippen molar-refractivity contribution in [1.82, 2.24) is 0 Å². The van der Waals surface area contributed by atoms with Gasteiger partial charge in [-0.3, -0.25) is 0 Å². The molecule has 0 amide bonds. The molecule has 0 N–H and O–H groups in total. The quantitative estimate of drug-likeness (QED) is 0.452. The summed E-state index contributed by atoms with van der Waals surface area (Å²) in [6.07, 6.45) is 7.61. The van der Waals surface area contributed by atoms with Crippen LogP contribution < -0.4 is 0 Å². The van der Waals surface area contributed by atoms with E-state index in [1.807, 2.05) is 0 Å². The van der Waals surface area contributed by atoms with Gasteiger partial charge in [0.1, 0.15) is 0 Å². The molecule has 2 rings (SSSR count). The van der Waals surface area contributed by atoms with Crippen LogP contribution in [0.15, 0.2) is 42.5 Å². The normalized spacial score (nSPS) is 25.9. The summed E-state index contributed by atoms with van der Waals surface area (Å²) in [5, 5.41) is 0. The summed E-state index contributed by atoms with van der Waals surface area (Å²) in [5.41, 5.74) is 1.44. The Balaban J connectivity index is 2.07. The molecule has 22 heavy (non-hydrogen) atoms. The van der Waals surface area contributed by atoms with Gasteiger partial charge in [0.25, 0.3) is 0 Å². The predicted molar refractivity (Wildman–Crippen MR) is 98.8 cm³/mol. The van der Waals surface area contributed by atoms with Gasteiger partial charge in [0.2, 0.25) is 0 Å². The standard InChI is InChI=1S/C20H32OSi/c1-5-22(6-2,7-3)21-20-16-15-19(14-13-17(20)4)18-11-9-8-10-12-18/h8-14,17,19-20H,5-7,15-16H2,1-4H3/t17-,19?,20-/m1/s1. The van der Waals surface area contributed by atoms with Crippen LogP contribution in [-0.2, 0) is 4.43 Å². The van der Waals surface area contributed by atoms with Crippen LogP contribution in [0.3, 0.4) is 0 Å². The molecule has 0 spiro atoms. The van der Waals surface area contributed by atoms with Gasteiger partial charge in [0, 0.05) is 5.92 Å². The first-order valence-electron chi connectivity index (χ1n) is 9.05. The minimum Gasteiger partial charge on any atom is -0.413 e. The predicted octanol–water partition coefficient (Wildman–Crippen LogP) is 6.15. The van der Waals surface area contributed by atoms with Crippen LogP contribution in [0.2, 0.25) is 18.1 Å². The third-order valence-corrected chi connectivity index (χ3v) is 10.2. The van der Waals surface area contributed by atoms with Crippen LogP contribution in [0.4, 0.5) is 0 Å². The van der Waals surface area contributed by atoms with Crippen LogP contribution in [0.1, 0.15) is 52.0 Å². The summed E-state index contributed by atoms with van der Waals surface area (Å²) in [6, 6.07) is 14.6. The van der Waals surface area contributed by atoms with Gasteiger partial charge in [0.05, 0.1) is 6.10 Å². The highest BCUT2D eigenvalue weighted by atomic mass is 28.4. The van der Waals surface area contributed by atoms with E-state index in [0.717, 1.165) is 0 Å². The summed E-state index contributed by atoms with van der Waals surface area (Å²) in [6.45, 7) is 9.30. The maximum atomic E-state index is 6.79. The van der Waals surface area contributed by atoms with Crippen LogP contribution >= 0.6 is 0 Å². The van der Waals surface area contributed by atoms with E-state index in [4.69, 9.17) is 4.43 Å². The minimum atomic E-state index is -1.50. The van der Waals surface area contributed by atoms with E-state index in [1.165, 1.54) is 36.5 Å². The summed E-state index contributed by atoms with van der Waals surface area (Å²) in [5.74, 6) is 1.09. The topological polar surface area (TPSA) is 9.23 Å². The van der Waals surface area contributed by atoms with Gasteiger partial charge in [-0.1, -0.05) is 70.2 Å². The first kappa shape index (κ1) is 17.5. The maximum absolute atomic E-state index is 6.79. The second-order valence-corrected chi connectivity index (χ2v) is 11.5. The zero-order valence-electron chi connectivity index (χ0n) is 14.7. The Hall–Kier alpha value is -0.863. The van der Waals surface area contributed by atoms with E-state index in [9.17, 15) is 0 Å². The molecule has 1 aliphatic carbocycles. The molecule has 0 aliphatic heterocycles. The average molecular weight is 317 g/mol. The van der Waals surface area contributed by atoms with Crippen LogP contribution in [0, 0.1) is 5.92 Å². The Morgan fingerprint density at radius 1 is 0.955 bits per heavy atom. The Labute approximate surface area is 137 Å². The molecule has 3 atom stereocenters. The lowest BCUT2D eigenvalue weighted by Gasteiger charge is -2.35. The van der Waals surface area contributed by atoms with Crippen molar-refractivity contribution in [3.05, 3.63) is 48.0 Å². The molecule has 0 saturated carbocycles. The van der Waals surface area contributed by atoms with Crippen molar-refractivity contribution >= 4 is 8.32 Å². The molecule has 0 heterocycles. The third kappa shape index (κ3) is 4.11. The molecule has 0 saturated heterocycles. The molecule has 0 bridgehead atoms. The summed E-state index contributed by atoms with van der Waals surface area (Å²) >= 11 is 0. The Morgan fingerprint density at radius 2 is 1.59 bits per heavy atom. The van der Waals surface area contributed by atoms with Gasteiger partial charge in [-0.15, -0.1) is 0 Å². The molecule has 1 nitrogen and oxygen atoms in total. The second-order valence-electron chi connectivity index (χ2n) is 6.74. The number of allylic oxidation sites excluding steroid dienone is 1. The monoisotopic (exact) mass is 316 g/mol. The fraction of sp³-hybridized carbons (Fsp3) is 0.600. The zero-order chi connectivity index (χ0) is 16.0. The highest BCUT2D eigenvalue weighted by Gasteiger charge is 2.34. The van der Waals surface area contributed by atoms with E-state index in [1.54, 1.807) is 0 Å². The summed E-state index contributed by atoms with van der Waals surface area (Å²) in [4.78, 5) is 0. The Kier molecular flexibility index (Phi) is 6.46. The molecule has 1 aromatic rings. The van der Waals surface area contributed by atoms with Gasteiger partial charge < -0.3 is 4.43 Å². The lowest BCUT2D eigenvalue weighted by atomic mass is 9.94. The third-order valence-electron chi connectivity index (χ3n) is 5.56. The maximum Gasteiger partial charge on any atom is 0.192 e. The van der Waals surface area contributed by atoms with Crippen molar-refractivity contribution in [2.45, 2.75) is 70.7 Å². The fourth-order valence-electron chi connectivity index (χ4n) is 3.60. The van der Waals surface area contributed by atoms with Gasteiger partial charge in [-0.25, -0.2) is 0 Å². The van der Waals surface area contributed by atoms with E-state index in [0.29, 0.717) is 17.9 Å². The van der Waals surface area contributed by atoms with E-state index >= 15 is 0 Å². The lowest BCUT2D eigenvalue weighted by molar-refractivity contribution is 0.140. The van der Waals surface area contributed by atoms with Gasteiger partial charge in [0.15, 0.2) is 8.32 Å². The Morgan fingerprint density at radius 3 is 2.18 bits per heavy atom. The van der Waals surface area contributed by atoms with Crippen molar-refractivity contribution in [1.29, 1.82) is 0 Å². The SMILES string of the molecule is CC[Si](CC)(CC)O[C@@H]1CCC(c2ccccc2)C=C[C@H]1C. The van der Waals surface area contributed by atoms with Crippen molar-refractivity contribution in [2.75, 3.05) is 0 Å². The molecule has 1 aromatic carbocycles. The van der Waals surface area contributed by atoms with Gasteiger partial charge >= 0.3 is 0 Å². The largest absolute Gasteiger partial charge is 0.413 e. The van der Waals surface area contributed by atoms with Crippen molar-refractivity contribution in [2.24, 2.45) is 5.92 Å². The number of rotatable bonds is 6. The molecule has 0 aromatic heterocycles. The molecule has 2 heteroatoms. The smallest absolute Gasteiger partial charge is 0.192 e. The molecule has 122 valence electrons. The fourth-order valence-corrected chi connectivity index (χ4v) is 6.58. The van der Waals surface area contributed by atoms with E-state index in [2.05, 4.69) is 70.2 Å². The molecular weight excluding hydrogens is 284 g/mol. The number of hydrogen-bond donors (Lipinski definition) is 0. The first-order chi connectivity index (χ1) is 10.6. The van der Waals surface area contributed by atoms with Crippen molar-refractivity contribution in [3.63, 3.8) is 0 Å². The molecule has 0 fully saturated rings. The summed E-state index contributed by atoms with van der Waals surface area (Å²) < 4.78 is 6.79. The number of benzene rings is 1. The number of hydrogen-bond acceptors (Lipinski definition) is 1. The lowest BCUT2D eigenvalue weighted by Crippen LogP contribution is -2.41. The van der Waals surface area contributed by atoms with Gasteiger partial charge in [-0.2, -0.15) is 0 Å². The average Bonchev–Trinajstić information content (AvgIpc) is 2.76. The van der Waals surface area contributed by atoms with E-state index < -0.39 is 8.32 Å². The highest BCUT2D eigenvalue weighted by molar-refractivity contribution is 6.73. The first-order valence-corrected chi connectivity index (χ1v) is 11.6. The second kappa shape index (κ2) is 8.12. The minimum absolute atomic E-state index is 0.413. The van der Waals surface area contributed by atoms with Crippen molar-refractivity contribution in [3.8, 4) is 0 Å². The van der Waals surface area contributed by atoms with E-state index in [-0.39, 0.29) is 0 Å². The zero-order valence-corrected chi connectivity index (χ0v) is 15.7. The van der Waals surface area contributed by atoms with Crippen molar-refractivity contribution < 1.29 is 4.43 Å². The van der Waals surface area contributed by atoms with Crippen LogP contribution in [-0.4, -0.2) is 14.4 Å². The van der Waals surface area contributed by atoms with Gasteiger partial charge in [-0.05, 0) is 42.5 Å². The molecule has 1 aliphatic rings.